The summed E-state index contributed by atoms with van der Waals surface area (Å²) in [5.74, 6) is 0. The summed E-state index contributed by atoms with van der Waals surface area (Å²) in [5.41, 5.74) is 0.557. The molecule has 0 aliphatic heterocycles. The fraction of sp³-hybridized carbons (Fsp3) is 0.538. The van der Waals surface area contributed by atoms with Crippen LogP contribution < -0.4 is 5.32 Å². The highest BCUT2D eigenvalue weighted by Gasteiger charge is 2.22. The second kappa shape index (κ2) is 6.24. The molecule has 1 unspecified atom stereocenters. The van der Waals surface area contributed by atoms with E-state index in [1.165, 1.54) is 0 Å². The van der Waals surface area contributed by atoms with Crippen LogP contribution in [0.25, 0.3) is 0 Å². The van der Waals surface area contributed by atoms with Gasteiger partial charge in [0.25, 0.3) is 0 Å². The number of rotatable bonds is 6. The summed E-state index contributed by atoms with van der Waals surface area (Å²) in [5, 5.41) is 13.3. The Morgan fingerprint density at radius 1 is 1.41 bits per heavy atom. The lowest BCUT2D eigenvalue weighted by Crippen LogP contribution is -2.35. The first-order valence-corrected chi connectivity index (χ1v) is 6.03. The van der Waals surface area contributed by atoms with Crippen molar-refractivity contribution in [2.75, 3.05) is 19.0 Å². The summed E-state index contributed by atoms with van der Waals surface area (Å²) < 4.78 is 5.35. The van der Waals surface area contributed by atoms with Crippen molar-refractivity contribution in [3.63, 3.8) is 0 Å². The fourth-order valence-electron chi connectivity index (χ4n) is 1.64. The van der Waals surface area contributed by atoms with Gasteiger partial charge in [0.1, 0.15) is 0 Å². The van der Waals surface area contributed by atoms with E-state index in [2.05, 4.69) is 5.32 Å². The maximum atomic E-state index is 9.38. The van der Waals surface area contributed by atoms with Crippen LogP contribution in [0.4, 0.5) is 5.69 Å². The quantitative estimate of drug-likeness (QED) is 0.823. The first-order chi connectivity index (χ1) is 7.98. The van der Waals surface area contributed by atoms with Crippen LogP contribution in [0.15, 0.2) is 24.3 Å². The monoisotopic (exact) mass is 257 g/mol. The summed E-state index contributed by atoms with van der Waals surface area (Å²) in [7, 11) is 1.67. The Labute approximate surface area is 108 Å². The van der Waals surface area contributed by atoms with Crippen molar-refractivity contribution in [3.05, 3.63) is 29.3 Å². The van der Waals surface area contributed by atoms with Gasteiger partial charge in [0.05, 0.1) is 29.0 Å². The van der Waals surface area contributed by atoms with E-state index in [0.717, 1.165) is 5.69 Å². The molecule has 0 fully saturated rings. The topological polar surface area (TPSA) is 41.5 Å². The molecule has 0 aliphatic carbocycles. The van der Waals surface area contributed by atoms with Crippen molar-refractivity contribution in [1.82, 2.24) is 0 Å². The van der Waals surface area contributed by atoms with E-state index in [4.69, 9.17) is 16.3 Å². The normalized spacial score (nSPS) is 13.5. The first kappa shape index (κ1) is 14.3. The maximum Gasteiger partial charge on any atom is 0.0643 e. The van der Waals surface area contributed by atoms with Gasteiger partial charge >= 0.3 is 0 Å². The van der Waals surface area contributed by atoms with E-state index in [1.54, 1.807) is 7.11 Å². The molecular weight excluding hydrogens is 238 g/mol. The molecular formula is C13H20ClNO2. The minimum Gasteiger partial charge on any atom is -0.394 e. The van der Waals surface area contributed by atoms with Gasteiger partial charge in [-0.1, -0.05) is 23.7 Å². The van der Waals surface area contributed by atoms with Gasteiger partial charge in [0.2, 0.25) is 0 Å². The largest absolute Gasteiger partial charge is 0.394 e. The number of anilines is 1. The van der Waals surface area contributed by atoms with Gasteiger partial charge in [0, 0.05) is 7.11 Å². The summed E-state index contributed by atoms with van der Waals surface area (Å²) in [6.45, 7) is 4.02. The molecule has 0 saturated heterocycles. The van der Waals surface area contributed by atoms with Gasteiger partial charge in [-0.3, -0.25) is 0 Å². The lowest BCUT2D eigenvalue weighted by atomic mass is 9.99. The highest BCUT2D eigenvalue weighted by Crippen LogP contribution is 2.24. The summed E-state index contributed by atoms with van der Waals surface area (Å²) in [4.78, 5) is 0. The van der Waals surface area contributed by atoms with E-state index in [-0.39, 0.29) is 18.2 Å². The van der Waals surface area contributed by atoms with Crippen LogP contribution in [-0.2, 0) is 4.74 Å². The number of hydrogen-bond donors (Lipinski definition) is 2. The van der Waals surface area contributed by atoms with Crippen LogP contribution in [0.3, 0.4) is 0 Å². The molecule has 1 aromatic carbocycles. The SMILES string of the molecule is COC(C)(C)CC(CO)Nc1ccccc1Cl. The van der Waals surface area contributed by atoms with Gasteiger partial charge in [-0.25, -0.2) is 0 Å². The third kappa shape index (κ3) is 4.54. The Balaban J connectivity index is 2.68. The number of ether oxygens (including phenoxy) is 1. The predicted molar refractivity (Wildman–Crippen MR) is 71.7 cm³/mol. The Morgan fingerprint density at radius 2 is 2.06 bits per heavy atom. The molecule has 0 saturated carbocycles. The number of benzene rings is 1. The number of halogens is 1. The van der Waals surface area contributed by atoms with Crippen LogP contribution >= 0.6 is 11.6 Å². The van der Waals surface area contributed by atoms with Crippen LogP contribution in [0.5, 0.6) is 0 Å². The minimum atomic E-state index is -0.276. The van der Waals surface area contributed by atoms with Gasteiger partial charge in [-0.05, 0) is 32.4 Å². The molecule has 0 aliphatic rings. The molecule has 1 aromatic rings. The number of para-hydroxylation sites is 1. The highest BCUT2D eigenvalue weighted by molar-refractivity contribution is 6.33. The smallest absolute Gasteiger partial charge is 0.0643 e. The van der Waals surface area contributed by atoms with E-state index in [0.29, 0.717) is 11.4 Å². The van der Waals surface area contributed by atoms with Crippen LogP contribution in [0.1, 0.15) is 20.3 Å². The number of nitrogens with one attached hydrogen (secondary N) is 1. The molecule has 4 heteroatoms. The molecule has 0 aromatic heterocycles. The molecule has 0 radical (unpaired) electrons. The van der Waals surface area contributed by atoms with Crippen LogP contribution in [-0.4, -0.2) is 30.5 Å². The van der Waals surface area contributed by atoms with Gasteiger partial charge in [0.15, 0.2) is 0 Å². The Hall–Kier alpha value is -0.770. The van der Waals surface area contributed by atoms with Gasteiger partial charge in [-0.2, -0.15) is 0 Å². The molecule has 0 bridgehead atoms. The lowest BCUT2D eigenvalue weighted by Gasteiger charge is -2.28. The number of aliphatic hydroxyl groups is 1. The van der Waals surface area contributed by atoms with Crippen molar-refractivity contribution in [2.24, 2.45) is 0 Å². The second-order valence-electron chi connectivity index (χ2n) is 4.67. The Morgan fingerprint density at radius 3 is 2.59 bits per heavy atom. The molecule has 0 spiro atoms. The summed E-state index contributed by atoms with van der Waals surface area (Å²) >= 11 is 6.06. The van der Waals surface area contributed by atoms with E-state index < -0.39 is 0 Å². The fourth-order valence-corrected chi connectivity index (χ4v) is 1.83. The first-order valence-electron chi connectivity index (χ1n) is 5.65. The predicted octanol–water partition coefficient (Wildman–Crippen LogP) is 2.93. The summed E-state index contributed by atoms with van der Waals surface area (Å²) in [6.07, 6.45) is 0.700. The Kier molecular flexibility index (Phi) is 5.25. The zero-order valence-corrected chi connectivity index (χ0v) is 11.3. The zero-order valence-electron chi connectivity index (χ0n) is 10.5. The van der Waals surface area contributed by atoms with Crippen molar-refractivity contribution < 1.29 is 9.84 Å². The molecule has 1 rings (SSSR count). The second-order valence-corrected chi connectivity index (χ2v) is 5.08. The van der Waals surface area contributed by atoms with Crippen molar-refractivity contribution in [1.29, 1.82) is 0 Å². The molecule has 3 nitrogen and oxygen atoms in total. The van der Waals surface area contributed by atoms with Crippen molar-refractivity contribution in [3.8, 4) is 0 Å². The van der Waals surface area contributed by atoms with E-state index >= 15 is 0 Å². The molecule has 2 N–H and O–H groups in total. The lowest BCUT2D eigenvalue weighted by molar-refractivity contribution is 0.00748. The van der Waals surface area contributed by atoms with E-state index in [1.807, 2.05) is 38.1 Å². The Bertz CT molecular complexity index is 355. The van der Waals surface area contributed by atoms with Gasteiger partial charge in [-0.15, -0.1) is 0 Å². The molecule has 17 heavy (non-hydrogen) atoms. The third-order valence-electron chi connectivity index (χ3n) is 2.74. The average molecular weight is 258 g/mol. The zero-order chi connectivity index (χ0) is 12.9. The van der Waals surface area contributed by atoms with Crippen molar-refractivity contribution >= 4 is 17.3 Å². The third-order valence-corrected chi connectivity index (χ3v) is 3.07. The number of aliphatic hydroxyl groups excluding tert-OH is 1. The van der Waals surface area contributed by atoms with E-state index in [9.17, 15) is 5.11 Å². The molecule has 96 valence electrons. The van der Waals surface area contributed by atoms with Crippen LogP contribution in [0, 0.1) is 0 Å². The average Bonchev–Trinajstić information content (AvgIpc) is 2.31. The highest BCUT2D eigenvalue weighted by atomic mass is 35.5. The maximum absolute atomic E-state index is 9.38. The minimum absolute atomic E-state index is 0.0397. The number of hydrogen-bond acceptors (Lipinski definition) is 3. The molecule has 0 heterocycles. The molecule has 0 amide bonds. The van der Waals surface area contributed by atoms with Crippen molar-refractivity contribution in [2.45, 2.75) is 31.9 Å². The van der Waals surface area contributed by atoms with Gasteiger partial charge < -0.3 is 15.2 Å². The molecule has 1 atom stereocenters. The van der Waals surface area contributed by atoms with Crippen LogP contribution in [0.2, 0.25) is 5.02 Å². The standard InChI is InChI=1S/C13H20ClNO2/c1-13(2,17-3)8-10(9-16)15-12-7-5-4-6-11(12)14/h4-7,10,15-16H,8-9H2,1-3H3. The number of methoxy groups -OCH3 is 1. The summed E-state index contributed by atoms with van der Waals surface area (Å²) in [6, 6.07) is 7.42.